The maximum atomic E-state index is 11.3. The van der Waals surface area contributed by atoms with E-state index in [0.717, 1.165) is 36.3 Å². The maximum Gasteiger partial charge on any atom is 0.307 e. The van der Waals surface area contributed by atoms with E-state index in [1.54, 1.807) is 0 Å². The lowest BCUT2D eigenvalue weighted by atomic mass is 9.95. The fraction of sp³-hybridized carbons (Fsp3) is 0.381. The van der Waals surface area contributed by atoms with Crippen molar-refractivity contribution >= 4 is 5.97 Å². The molecule has 0 saturated carbocycles. The van der Waals surface area contributed by atoms with Crippen molar-refractivity contribution in [3.05, 3.63) is 65.7 Å². The van der Waals surface area contributed by atoms with Gasteiger partial charge in [0.1, 0.15) is 12.4 Å². The topological polar surface area (TPSA) is 49.8 Å². The first kappa shape index (κ1) is 17.5. The van der Waals surface area contributed by atoms with Crippen LogP contribution < -0.4 is 4.74 Å². The van der Waals surface area contributed by atoms with Crippen LogP contribution in [0.25, 0.3) is 0 Å². The SMILES string of the molecule is CC(c1cccc(OCc2ccccc2)c1)N1CCCC(C(=O)O)C1. The largest absolute Gasteiger partial charge is 0.489 e. The molecule has 4 nitrogen and oxygen atoms in total. The second-order valence-electron chi connectivity index (χ2n) is 6.70. The van der Waals surface area contributed by atoms with E-state index in [9.17, 15) is 9.90 Å². The number of ether oxygens (including phenoxy) is 1. The standard InChI is InChI=1S/C21H25NO3/c1-16(22-12-6-10-19(14-22)21(23)24)18-9-5-11-20(13-18)25-15-17-7-3-2-4-8-17/h2-5,7-9,11,13,16,19H,6,10,12,14-15H2,1H3,(H,23,24). The molecule has 2 aromatic carbocycles. The van der Waals surface area contributed by atoms with Gasteiger partial charge >= 0.3 is 5.97 Å². The highest BCUT2D eigenvalue weighted by atomic mass is 16.5. The van der Waals surface area contributed by atoms with Gasteiger partial charge < -0.3 is 9.84 Å². The summed E-state index contributed by atoms with van der Waals surface area (Å²) in [5.74, 6) is -0.0921. The number of nitrogens with zero attached hydrogens (tertiary/aromatic N) is 1. The molecular weight excluding hydrogens is 314 g/mol. The fourth-order valence-corrected chi connectivity index (χ4v) is 3.38. The highest BCUT2D eigenvalue weighted by Gasteiger charge is 2.28. The summed E-state index contributed by atoms with van der Waals surface area (Å²) in [5, 5.41) is 9.28. The zero-order chi connectivity index (χ0) is 17.6. The molecule has 2 aromatic rings. The third-order valence-corrected chi connectivity index (χ3v) is 4.94. The Kier molecular flexibility index (Phi) is 5.71. The molecule has 1 aliphatic rings. The summed E-state index contributed by atoms with van der Waals surface area (Å²) in [5.41, 5.74) is 2.30. The van der Waals surface area contributed by atoms with Gasteiger partial charge in [0, 0.05) is 12.6 Å². The Morgan fingerprint density at radius 2 is 2.04 bits per heavy atom. The average molecular weight is 339 g/mol. The van der Waals surface area contributed by atoms with Crippen LogP contribution in [0, 0.1) is 5.92 Å². The second-order valence-corrected chi connectivity index (χ2v) is 6.70. The molecule has 1 N–H and O–H groups in total. The molecule has 0 spiro atoms. The summed E-state index contributed by atoms with van der Waals surface area (Å²) in [6, 6.07) is 18.4. The number of benzene rings is 2. The van der Waals surface area contributed by atoms with Crippen LogP contribution in [-0.4, -0.2) is 29.1 Å². The van der Waals surface area contributed by atoms with Gasteiger partial charge in [-0.3, -0.25) is 9.69 Å². The molecule has 0 amide bonds. The Hall–Kier alpha value is -2.33. The van der Waals surface area contributed by atoms with Crippen LogP contribution in [0.3, 0.4) is 0 Å². The molecule has 4 heteroatoms. The maximum absolute atomic E-state index is 11.3. The van der Waals surface area contributed by atoms with E-state index in [1.807, 2.05) is 42.5 Å². The monoisotopic (exact) mass is 339 g/mol. The molecule has 0 aromatic heterocycles. The third-order valence-electron chi connectivity index (χ3n) is 4.94. The van der Waals surface area contributed by atoms with Crippen molar-refractivity contribution in [1.82, 2.24) is 4.90 Å². The molecule has 2 atom stereocenters. The first-order valence-corrected chi connectivity index (χ1v) is 8.87. The smallest absolute Gasteiger partial charge is 0.307 e. The summed E-state index contributed by atoms with van der Waals surface area (Å²) >= 11 is 0. The van der Waals surface area contributed by atoms with E-state index in [2.05, 4.69) is 24.0 Å². The number of hydrogen-bond acceptors (Lipinski definition) is 3. The number of aliphatic carboxylic acids is 1. The average Bonchev–Trinajstić information content (AvgIpc) is 2.67. The molecule has 2 unspecified atom stereocenters. The van der Waals surface area contributed by atoms with Crippen molar-refractivity contribution in [2.45, 2.75) is 32.4 Å². The lowest BCUT2D eigenvalue weighted by Gasteiger charge is -2.35. The highest BCUT2D eigenvalue weighted by molar-refractivity contribution is 5.70. The molecule has 25 heavy (non-hydrogen) atoms. The lowest BCUT2D eigenvalue weighted by molar-refractivity contribution is -0.143. The van der Waals surface area contributed by atoms with Crippen LogP contribution in [0.2, 0.25) is 0 Å². The van der Waals surface area contributed by atoms with Crippen molar-refractivity contribution in [3.63, 3.8) is 0 Å². The summed E-state index contributed by atoms with van der Waals surface area (Å²) in [7, 11) is 0. The van der Waals surface area contributed by atoms with E-state index in [0.29, 0.717) is 13.2 Å². The summed E-state index contributed by atoms with van der Waals surface area (Å²) in [6.07, 6.45) is 1.71. The number of likely N-dealkylation sites (tertiary alicyclic amines) is 1. The van der Waals surface area contributed by atoms with Gasteiger partial charge in [-0.15, -0.1) is 0 Å². The Balaban J connectivity index is 1.65. The zero-order valence-corrected chi connectivity index (χ0v) is 14.6. The van der Waals surface area contributed by atoms with Crippen molar-refractivity contribution in [3.8, 4) is 5.75 Å². The molecule has 1 heterocycles. The van der Waals surface area contributed by atoms with Crippen molar-refractivity contribution in [2.24, 2.45) is 5.92 Å². The molecule has 0 radical (unpaired) electrons. The predicted molar refractivity (Wildman–Crippen MR) is 97.6 cm³/mol. The van der Waals surface area contributed by atoms with E-state index in [4.69, 9.17) is 4.74 Å². The predicted octanol–water partition coefficient (Wildman–Crippen LogP) is 4.12. The van der Waals surface area contributed by atoms with Crippen LogP contribution >= 0.6 is 0 Å². The van der Waals surface area contributed by atoms with Crippen molar-refractivity contribution in [1.29, 1.82) is 0 Å². The van der Waals surface area contributed by atoms with Crippen LogP contribution in [0.15, 0.2) is 54.6 Å². The molecule has 0 bridgehead atoms. The minimum absolute atomic E-state index is 0.183. The Labute approximate surface area is 149 Å². The van der Waals surface area contributed by atoms with Gasteiger partial charge in [-0.1, -0.05) is 42.5 Å². The molecular formula is C21H25NO3. The molecule has 1 fully saturated rings. The third kappa shape index (κ3) is 4.60. The van der Waals surface area contributed by atoms with E-state index < -0.39 is 5.97 Å². The van der Waals surface area contributed by atoms with E-state index >= 15 is 0 Å². The van der Waals surface area contributed by atoms with Gasteiger partial charge in [0.25, 0.3) is 0 Å². The first-order chi connectivity index (χ1) is 12.1. The number of rotatable bonds is 6. The molecule has 0 aliphatic carbocycles. The quantitative estimate of drug-likeness (QED) is 0.860. The molecule has 3 rings (SSSR count). The number of carbonyl (C=O) groups is 1. The van der Waals surface area contributed by atoms with Crippen molar-refractivity contribution in [2.75, 3.05) is 13.1 Å². The number of piperidine rings is 1. The summed E-state index contributed by atoms with van der Waals surface area (Å²) < 4.78 is 5.92. The fourth-order valence-electron chi connectivity index (χ4n) is 3.38. The Morgan fingerprint density at radius 3 is 2.80 bits per heavy atom. The number of hydrogen-bond donors (Lipinski definition) is 1. The van der Waals surface area contributed by atoms with Gasteiger partial charge in [-0.25, -0.2) is 0 Å². The molecule has 1 aliphatic heterocycles. The molecule has 132 valence electrons. The van der Waals surface area contributed by atoms with Crippen LogP contribution in [-0.2, 0) is 11.4 Å². The van der Waals surface area contributed by atoms with Gasteiger partial charge in [0.05, 0.1) is 5.92 Å². The number of carboxylic acids is 1. The van der Waals surface area contributed by atoms with Crippen LogP contribution in [0.4, 0.5) is 0 Å². The number of carboxylic acid groups (broad SMARTS) is 1. The first-order valence-electron chi connectivity index (χ1n) is 8.87. The van der Waals surface area contributed by atoms with Crippen LogP contribution in [0.1, 0.15) is 36.9 Å². The van der Waals surface area contributed by atoms with Crippen LogP contribution in [0.5, 0.6) is 5.75 Å². The van der Waals surface area contributed by atoms with E-state index in [1.165, 1.54) is 0 Å². The van der Waals surface area contributed by atoms with Crippen molar-refractivity contribution < 1.29 is 14.6 Å². The van der Waals surface area contributed by atoms with Gasteiger partial charge in [-0.05, 0) is 49.6 Å². The normalized spacial score (nSPS) is 19.3. The minimum atomic E-state index is -0.683. The summed E-state index contributed by atoms with van der Waals surface area (Å²) in [4.78, 5) is 13.5. The Morgan fingerprint density at radius 1 is 1.24 bits per heavy atom. The lowest BCUT2D eigenvalue weighted by Crippen LogP contribution is -2.40. The highest BCUT2D eigenvalue weighted by Crippen LogP contribution is 2.28. The summed E-state index contributed by atoms with van der Waals surface area (Å²) in [6.45, 7) is 4.25. The van der Waals surface area contributed by atoms with Gasteiger partial charge in [0.15, 0.2) is 0 Å². The zero-order valence-electron chi connectivity index (χ0n) is 14.6. The molecule has 1 saturated heterocycles. The Bertz CT molecular complexity index is 701. The second kappa shape index (κ2) is 8.17. The van der Waals surface area contributed by atoms with Gasteiger partial charge in [0.2, 0.25) is 0 Å². The minimum Gasteiger partial charge on any atom is -0.489 e. The van der Waals surface area contributed by atoms with Gasteiger partial charge in [-0.2, -0.15) is 0 Å². The van der Waals surface area contributed by atoms with E-state index in [-0.39, 0.29) is 12.0 Å².